The second-order valence-corrected chi connectivity index (χ2v) is 6.97. The van der Waals surface area contributed by atoms with E-state index in [0.29, 0.717) is 13.1 Å². The zero-order chi connectivity index (χ0) is 15.0. The van der Waals surface area contributed by atoms with Crippen LogP contribution in [0.3, 0.4) is 0 Å². The SMILES string of the molecule is CC(C)OCCS(=O)(=O)NCC(=O)N1CCCNCC1. The van der Waals surface area contributed by atoms with Crippen LogP contribution in [0.1, 0.15) is 20.3 Å². The van der Waals surface area contributed by atoms with Crippen LogP contribution in [-0.4, -0.2) is 70.4 Å². The summed E-state index contributed by atoms with van der Waals surface area (Å²) < 4.78 is 30.9. The molecule has 118 valence electrons. The molecule has 0 atom stereocenters. The van der Waals surface area contributed by atoms with Gasteiger partial charge in [0, 0.05) is 19.6 Å². The molecule has 20 heavy (non-hydrogen) atoms. The van der Waals surface area contributed by atoms with Gasteiger partial charge in [0.05, 0.1) is 25.0 Å². The van der Waals surface area contributed by atoms with Crippen molar-refractivity contribution in [3.8, 4) is 0 Å². The summed E-state index contributed by atoms with van der Waals surface area (Å²) in [6, 6.07) is 0. The van der Waals surface area contributed by atoms with Crippen molar-refractivity contribution in [2.75, 3.05) is 45.1 Å². The highest BCUT2D eigenvalue weighted by Gasteiger charge is 2.18. The van der Waals surface area contributed by atoms with E-state index in [0.717, 1.165) is 19.5 Å². The fourth-order valence-electron chi connectivity index (χ4n) is 1.84. The number of carbonyl (C=O) groups excluding carboxylic acids is 1. The summed E-state index contributed by atoms with van der Waals surface area (Å²) in [5, 5.41) is 3.19. The van der Waals surface area contributed by atoms with Gasteiger partial charge in [0.2, 0.25) is 15.9 Å². The van der Waals surface area contributed by atoms with Crippen LogP contribution in [0.5, 0.6) is 0 Å². The van der Waals surface area contributed by atoms with Crippen LogP contribution < -0.4 is 10.0 Å². The van der Waals surface area contributed by atoms with Crippen LogP contribution in [-0.2, 0) is 19.6 Å². The van der Waals surface area contributed by atoms with Gasteiger partial charge >= 0.3 is 0 Å². The highest BCUT2D eigenvalue weighted by molar-refractivity contribution is 7.89. The molecule has 1 saturated heterocycles. The van der Waals surface area contributed by atoms with Crippen molar-refractivity contribution in [1.82, 2.24) is 14.9 Å². The van der Waals surface area contributed by atoms with E-state index >= 15 is 0 Å². The summed E-state index contributed by atoms with van der Waals surface area (Å²) in [6.45, 7) is 6.58. The largest absolute Gasteiger partial charge is 0.378 e. The Morgan fingerprint density at radius 3 is 2.80 bits per heavy atom. The number of carbonyl (C=O) groups is 1. The minimum Gasteiger partial charge on any atom is -0.378 e. The quantitative estimate of drug-likeness (QED) is 0.640. The van der Waals surface area contributed by atoms with Crippen molar-refractivity contribution in [2.24, 2.45) is 0 Å². The van der Waals surface area contributed by atoms with Gasteiger partial charge in [0.25, 0.3) is 0 Å². The Morgan fingerprint density at radius 1 is 1.35 bits per heavy atom. The Morgan fingerprint density at radius 2 is 2.10 bits per heavy atom. The van der Waals surface area contributed by atoms with Gasteiger partial charge in [-0.1, -0.05) is 0 Å². The molecule has 0 radical (unpaired) electrons. The van der Waals surface area contributed by atoms with Crippen LogP contribution in [0.15, 0.2) is 0 Å². The monoisotopic (exact) mass is 307 g/mol. The summed E-state index contributed by atoms with van der Waals surface area (Å²) in [4.78, 5) is 13.6. The Labute approximate surface area is 121 Å². The van der Waals surface area contributed by atoms with E-state index in [-0.39, 0.29) is 30.9 Å². The van der Waals surface area contributed by atoms with Crippen LogP contribution in [0.4, 0.5) is 0 Å². The molecule has 1 aliphatic heterocycles. The van der Waals surface area contributed by atoms with Crippen LogP contribution in [0.2, 0.25) is 0 Å². The molecule has 7 nitrogen and oxygen atoms in total. The molecule has 2 N–H and O–H groups in total. The van der Waals surface area contributed by atoms with E-state index in [4.69, 9.17) is 4.74 Å². The lowest BCUT2D eigenvalue weighted by Crippen LogP contribution is -2.42. The zero-order valence-corrected chi connectivity index (χ0v) is 13.0. The molecule has 0 aromatic heterocycles. The van der Waals surface area contributed by atoms with Crippen molar-refractivity contribution in [3.63, 3.8) is 0 Å². The molecule has 0 spiro atoms. The highest BCUT2D eigenvalue weighted by Crippen LogP contribution is 1.97. The van der Waals surface area contributed by atoms with Gasteiger partial charge in [-0.25, -0.2) is 13.1 Å². The Bertz CT molecular complexity index is 390. The second-order valence-electron chi connectivity index (χ2n) is 5.04. The van der Waals surface area contributed by atoms with E-state index in [1.807, 2.05) is 13.8 Å². The molecule has 1 amide bonds. The van der Waals surface area contributed by atoms with Crippen molar-refractivity contribution in [3.05, 3.63) is 0 Å². The smallest absolute Gasteiger partial charge is 0.237 e. The van der Waals surface area contributed by atoms with Gasteiger partial charge in [0.15, 0.2) is 0 Å². The molecule has 8 heteroatoms. The van der Waals surface area contributed by atoms with Crippen molar-refractivity contribution < 1.29 is 17.9 Å². The van der Waals surface area contributed by atoms with Gasteiger partial charge < -0.3 is 15.0 Å². The lowest BCUT2D eigenvalue weighted by molar-refractivity contribution is -0.129. The third-order valence-corrected chi connectivity index (χ3v) is 4.23. The fraction of sp³-hybridized carbons (Fsp3) is 0.917. The molecule has 1 fully saturated rings. The molecule has 1 rings (SSSR count). The van der Waals surface area contributed by atoms with E-state index in [2.05, 4.69) is 10.0 Å². The van der Waals surface area contributed by atoms with Crippen LogP contribution in [0.25, 0.3) is 0 Å². The van der Waals surface area contributed by atoms with Gasteiger partial charge in [-0.05, 0) is 26.8 Å². The molecular formula is C12H25N3O4S. The van der Waals surface area contributed by atoms with E-state index in [1.54, 1.807) is 4.90 Å². The first kappa shape index (κ1) is 17.4. The maximum Gasteiger partial charge on any atom is 0.237 e. The molecular weight excluding hydrogens is 282 g/mol. The maximum atomic E-state index is 11.9. The number of hydrogen-bond acceptors (Lipinski definition) is 5. The van der Waals surface area contributed by atoms with E-state index < -0.39 is 10.0 Å². The molecule has 0 aliphatic carbocycles. The maximum absolute atomic E-state index is 11.9. The molecule has 0 bridgehead atoms. The summed E-state index contributed by atoms with van der Waals surface area (Å²) in [6.07, 6.45) is 0.886. The number of nitrogens with zero attached hydrogens (tertiary/aromatic N) is 1. The molecule has 0 aromatic carbocycles. The fourth-order valence-corrected chi connectivity index (χ4v) is 2.65. The Balaban J connectivity index is 2.31. The number of sulfonamides is 1. The zero-order valence-electron chi connectivity index (χ0n) is 12.2. The predicted octanol–water partition coefficient (Wildman–Crippen LogP) is -0.847. The number of nitrogens with one attached hydrogen (secondary N) is 2. The topological polar surface area (TPSA) is 87.7 Å². The molecule has 0 aromatic rings. The van der Waals surface area contributed by atoms with E-state index in [9.17, 15) is 13.2 Å². The molecule has 0 unspecified atom stereocenters. The second kappa shape index (κ2) is 8.56. The molecule has 1 aliphatic rings. The van der Waals surface area contributed by atoms with Crippen molar-refractivity contribution >= 4 is 15.9 Å². The standard InChI is InChI=1S/C12H25N3O4S/c1-11(2)19-8-9-20(17,18)14-10-12(16)15-6-3-4-13-5-7-15/h11,13-14H,3-10H2,1-2H3. The first-order chi connectivity index (χ1) is 9.41. The third kappa shape index (κ3) is 7.18. The Kier molecular flexibility index (Phi) is 7.42. The molecule has 1 heterocycles. The summed E-state index contributed by atoms with van der Waals surface area (Å²) in [5.74, 6) is -0.304. The van der Waals surface area contributed by atoms with Gasteiger partial charge in [-0.2, -0.15) is 0 Å². The molecule has 0 saturated carbocycles. The van der Waals surface area contributed by atoms with Crippen molar-refractivity contribution in [2.45, 2.75) is 26.4 Å². The van der Waals surface area contributed by atoms with Crippen molar-refractivity contribution in [1.29, 1.82) is 0 Å². The first-order valence-electron chi connectivity index (χ1n) is 6.98. The average molecular weight is 307 g/mol. The number of hydrogen-bond donors (Lipinski definition) is 2. The third-order valence-electron chi connectivity index (χ3n) is 2.94. The summed E-state index contributed by atoms with van der Waals surface area (Å²) in [7, 11) is -3.46. The average Bonchev–Trinajstić information content (AvgIpc) is 2.64. The van der Waals surface area contributed by atoms with Gasteiger partial charge in [0.1, 0.15) is 0 Å². The van der Waals surface area contributed by atoms with Gasteiger partial charge in [-0.3, -0.25) is 4.79 Å². The Hall–Kier alpha value is -0.700. The van der Waals surface area contributed by atoms with Crippen LogP contribution >= 0.6 is 0 Å². The number of ether oxygens (including phenoxy) is 1. The predicted molar refractivity (Wildman–Crippen MR) is 76.9 cm³/mol. The van der Waals surface area contributed by atoms with Gasteiger partial charge in [-0.15, -0.1) is 0 Å². The summed E-state index contributed by atoms with van der Waals surface area (Å²) >= 11 is 0. The van der Waals surface area contributed by atoms with E-state index in [1.165, 1.54) is 0 Å². The van der Waals surface area contributed by atoms with Crippen LogP contribution in [0, 0.1) is 0 Å². The number of amides is 1. The minimum atomic E-state index is -3.46. The lowest BCUT2D eigenvalue weighted by atomic mass is 10.4. The minimum absolute atomic E-state index is 0.00330. The first-order valence-corrected chi connectivity index (χ1v) is 8.63. The normalized spacial score (nSPS) is 17.2. The summed E-state index contributed by atoms with van der Waals surface area (Å²) in [5.41, 5.74) is 0. The lowest BCUT2D eigenvalue weighted by Gasteiger charge is -2.20. The number of rotatable bonds is 7. The highest BCUT2D eigenvalue weighted by atomic mass is 32.2.